The first kappa shape index (κ1) is 31.4. The number of fused-ring (bicyclic) bond motifs is 5. The van der Waals surface area contributed by atoms with Crippen LogP contribution in [0.2, 0.25) is 0 Å². The third-order valence-corrected chi connectivity index (χ3v) is 11.4. The Kier molecular flexibility index (Phi) is 9.49. The first-order chi connectivity index (χ1) is 19.4. The maximum atomic E-state index is 12.4. The molecule has 4 rings (SSSR count). The minimum atomic E-state index is -1.10. The molecule has 0 aromatic rings. The van der Waals surface area contributed by atoms with Gasteiger partial charge < -0.3 is 25.7 Å². The summed E-state index contributed by atoms with van der Waals surface area (Å²) >= 11 is 1.50. The van der Waals surface area contributed by atoms with Crippen LogP contribution in [0.1, 0.15) is 78.6 Å². The van der Waals surface area contributed by atoms with Gasteiger partial charge in [0.1, 0.15) is 17.7 Å². The van der Waals surface area contributed by atoms with Gasteiger partial charge in [-0.2, -0.15) is 11.8 Å². The van der Waals surface area contributed by atoms with E-state index in [0.717, 1.165) is 50.7 Å². The maximum absolute atomic E-state index is 12.4. The lowest BCUT2D eigenvalue weighted by Gasteiger charge is -2.58. The summed E-state index contributed by atoms with van der Waals surface area (Å²) in [5.74, 6) is 2.75. The number of amides is 2. The molecule has 3 fully saturated rings. The minimum absolute atomic E-state index is 0.0872. The Bertz CT molecular complexity index is 1150. The average Bonchev–Trinajstić information content (AvgIpc) is 3.21. The van der Waals surface area contributed by atoms with E-state index in [2.05, 4.69) is 41.6 Å². The lowest BCUT2D eigenvalue weighted by Crippen LogP contribution is -2.54. The molecule has 9 nitrogen and oxygen atoms in total. The Labute approximate surface area is 247 Å². The Hall–Kier alpha value is -2.51. The van der Waals surface area contributed by atoms with E-state index in [1.54, 1.807) is 0 Å². The molecule has 4 aliphatic carbocycles. The summed E-state index contributed by atoms with van der Waals surface area (Å²) in [7, 11) is 0. The second-order valence-corrected chi connectivity index (χ2v) is 13.8. The molecule has 0 aliphatic heterocycles. The lowest BCUT2D eigenvalue weighted by molar-refractivity contribution is -0.142. The van der Waals surface area contributed by atoms with Gasteiger partial charge in [0.15, 0.2) is 6.61 Å². The van der Waals surface area contributed by atoms with Crippen molar-refractivity contribution in [2.75, 3.05) is 18.6 Å². The average molecular weight is 588 g/mol. The summed E-state index contributed by atoms with van der Waals surface area (Å²) in [5, 5.41) is 29.8. The van der Waals surface area contributed by atoms with Gasteiger partial charge >= 0.3 is 5.97 Å². The number of carbonyl (C=O) groups excluding carboxylic acids is 2. The molecular formula is C31H45N3O6S. The van der Waals surface area contributed by atoms with Crippen LogP contribution in [0, 0.1) is 40.9 Å². The Morgan fingerprint density at radius 3 is 2.59 bits per heavy atom. The van der Waals surface area contributed by atoms with E-state index < -0.39 is 35.5 Å². The number of nitrogens with one attached hydrogen (secondary N) is 2. The summed E-state index contributed by atoms with van der Waals surface area (Å²) in [5.41, 5.74) is 1.09. The van der Waals surface area contributed by atoms with Crippen LogP contribution in [0.5, 0.6) is 0 Å². The molecule has 8 atom stereocenters. The van der Waals surface area contributed by atoms with Gasteiger partial charge in [0.05, 0.1) is 5.71 Å². The Morgan fingerprint density at radius 2 is 1.90 bits per heavy atom. The smallest absolute Gasteiger partial charge is 0.326 e. The van der Waals surface area contributed by atoms with E-state index in [9.17, 15) is 24.6 Å². The van der Waals surface area contributed by atoms with E-state index in [1.165, 1.54) is 24.3 Å². The van der Waals surface area contributed by atoms with Gasteiger partial charge in [-0.05, 0) is 106 Å². The van der Waals surface area contributed by atoms with Crippen molar-refractivity contribution < 1.29 is 29.4 Å². The molecule has 2 amide bonds. The molecule has 41 heavy (non-hydrogen) atoms. The molecule has 0 aromatic heterocycles. The van der Waals surface area contributed by atoms with Gasteiger partial charge in [0.2, 0.25) is 5.91 Å². The largest absolute Gasteiger partial charge is 0.480 e. The van der Waals surface area contributed by atoms with Gasteiger partial charge in [0, 0.05) is 5.41 Å². The van der Waals surface area contributed by atoms with Gasteiger partial charge in [0.25, 0.3) is 5.91 Å². The zero-order valence-electron chi connectivity index (χ0n) is 24.7. The van der Waals surface area contributed by atoms with Crippen LogP contribution in [0.4, 0.5) is 0 Å². The number of aliphatic hydroxyl groups is 1. The molecule has 0 saturated heterocycles. The van der Waals surface area contributed by atoms with Crippen molar-refractivity contribution in [3.05, 3.63) is 11.6 Å². The molecule has 226 valence electrons. The SMILES string of the molecule is C#C[C@]1(O)CC[C@@H]2[C@@H]3CCC4=CC(=NOCC(=O)N[C@H](C)C(=O)N[C@@H](CCSC)C(=O)O)CC[C@]4(C)[C@H]3CC[C@@]21C. The number of carboxylic acid groups (broad SMARTS) is 1. The second-order valence-electron chi connectivity index (χ2n) is 12.8. The molecule has 10 heteroatoms. The van der Waals surface area contributed by atoms with Crippen LogP contribution in [0.25, 0.3) is 0 Å². The zero-order valence-corrected chi connectivity index (χ0v) is 25.5. The fourth-order valence-electron chi connectivity index (χ4n) is 8.21. The summed E-state index contributed by atoms with van der Waals surface area (Å²) in [4.78, 5) is 41.5. The number of hydrogen-bond donors (Lipinski definition) is 4. The first-order valence-electron chi connectivity index (χ1n) is 14.8. The molecule has 0 bridgehead atoms. The van der Waals surface area contributed by atoms with E-state index in [0.29, 0.717) is 36.3 Å². The number of carboxylic acids is 1. The summed E-state index contributed by atoms with van der Waals surface area (Å²) in [6.45, 7) is 5.76. The highest BCUT2D eigenvalue weighted by Crippen LogP contribution is 2.67. The highest BCUT2D eigenvalue weighted by atomic mass is 32.2. The number of nitrogens with zero attached hydrogens (tertiary/aromatic N) is 1. The number of terminal acetylenes is 1. The van der Waals surface area contributed by atoms with Gasteiger partial charge in [-0.3, -0.25) is 9.59 Å². The fourth-order valence-corrected chi connectivity index (χ4v) is 8.68. The van der Waals surface area contributed by atoms with E-state index in [1.807, 2.05) is 6.26 Å². The quantitative estimate of drug-likeness (QED) is 0.227. The van der Waals surface area contributed by atoms with E-state index in [-0.39, 0.29) is 17.4 Å². The minimum Gasteiger partial charge on any atom is -0.480 e. The summed E-state index contributed by atoms with van der Waals surface area (Å²) < 4.78 is 0. The van der Waals surface area contributed by atoms with Crippen molar-refractivity contribution in [1.29, 1.82) is 0 Å². The molecule has 4 aliphatic rings. The van der Waals surface area contributed by atoms with Gasteiger partial charge in [-0.1, -0.05) is 30.5 Å². The topological polar surface area (TPSA) is 137 Å². The Morgan fingerprint density at radius 1 is 1.17 bits per heavy atom. The van der Waals surface area contributed by atoms with Crippen molar-refractivity contribution in [3.8, 4) is 12.3 Å². The highest BCUT2D eigenvalue weighted by Gasteiger charge is 2.63. The number of hydrogen-bond acceptors (Lipinski definition) is 7. The number of thioether (sulfide) groups is 1. The first-order valence-corrected chi connectivity index (χ1v) is 16.2. The molecule has 0 unspecified atom stereocenters. The summed E-state index contributed by atoms with van der Waals surface area (Å²) in [6.07, 6.45) is 17.6. The zero-order chi connectivity index (χ0) is 30.0. The molecule has 0 spiro atoms. The molecule has 0 radical (unpaired) electrons. The molecule has 0 aromatic carbocycles. The van der Waals surface area contributed by atoms with Crippen molar-refractivity contribution >= 4 is 35.3 Å². The van der Waals surface area contributed by atoms with Crippen molar-refractivity contribution in [3.63, 3.8) is 0 Å². The number of carbonyl (C=O) groups is 3. The van der Waals surface area contributed by atoms with E-state index in [4.69, 9.17) is 11.3 Å². The number of oxime groups is 1. The van der Waals surface area contributed by atoms with Crippen LogP contribution in [-0.4, -0.2) is 70.0 Å². The van der Waals surface area contributed by atoms with Gasteiger partial charge in [-0.25, -0.2) is 4.79 Å². The van der Waals surface area contributed by atoms with Crippen LogP contribution < -0.4 is 10.6 Å². The lowest BCUT2D eigenvalue weighted by atomic mass is 9.46. The van der Waals surface area contributed by atoms with Crippen molar-refractivity contribution in [2.24, 2.45) is 33.7 Å². The van der Waals surface area contributed by atoms with Crippen LogP contribution in [0.3, 0.4) is 0 Å². The molecule has 0 heterocycles. The standard InChI is InChI=1S/C31H45N3O6S/c1-6-31(39)15-11-24-22-8-7-20-17-21(9-13-29(20,3)23(22)10-14-30(24,31)4)34-40-18-26(35)32-19(2)27(36)33-25(28(37)38)12-16-41-5/h1,17,19,22-25,39H,7-16,18H2,2-5H3,(H,32,35)(H,33,36)(H,37,38)/t19-,22-,23+,24-,25+,29+,30+,31+/m1/s1. The predicted octanol–water partition coefficient (Wildman–Crippen LogP) is 3.51. The molecule has 3 saturated carbocycles. The highest BCUT2D eigenvalue weighted by molar-refractivity contribution is 7.98. The van der Waals surface area contributed by atoms with Crippen molar-refractivity contribution in [1.82, 2.24) is 10.6 Å². The van der Waals surface area contributed by atoms with Crippen molar-refractivity contribution in [2.45, 2.75) is 96.2 Å². The number of allylic oxidation sites excluding steroid dienone is 2. The van der Waals surface area contributed by atoms with Gasteiger partial charge in [-0.15, -0.1) is 6.42 Å². The van der Waals surface area contributed by atoms with Crippen LogP contribution >= 0.6 is 11.8 Å². The predicted molar refractivity (Wildman–Crippen MR) is 159 cm³/mol. The Balaban J connectivity index is 1.31. The molecular weight excluding hydrogens is 542 g/mol. The molecule has 4 N–H and O–H groups in total. The summed E-state index contributed by atoms with van der Waals surface area (Å²) in [6, 6.07) is -1.91. The third kappa shape index (κ3) is 6.03. The van der Waals surface area contributed by atoms with Crippen LogP contribution in [0.15, 0.2) is 16.8 Å². The maximum Gasteiger partial charge on any atom is 0.326 e. The normalized spacial score (nSPS) is 36.4. The third-order valence-electron chi connectivity index (χ3n) is 10.7. The monoisotopic (exact) mass is 587 g/mol. The number of aliphatic carboxylic acids is 1. The van der Waals surface area contributed by atoms with E-state index >= 15 is 0 Å². The number of rotatable bonds is 10. The van der Waals surface area contributed by atoms with Crippen LogP contribution in [-0.2, 0) is 19.2 Å². The second kappa shape index (κ2) is 12.4. The fraction of sp³-hybridized carbons (Fsp3) is 0.742.